The van der Waals surface area contributed by atoms with Crippen LogP contribution in [0.4, 0.5) is 5.69 Å². The molecule has 1 amide bonds. The molecular weight excluding hydrogens is 460 g/mol. The maximum absolute atomic E-state index is 12.9. The van der Waals surface area contributed by atoms with E-state index in [0.29, 0.717) is 36.9 Å². The molecule has 0 unspecified atom stereocenters. The van der Waals surface area contributed by atoms with Crippen molar-refractivity contribution in [2.75, 3.05) is 31.6 Å². The van der Waals surface area contributed by atoms with E-state index < -0.39 is 9.84 Å². The number of piperidine rings is 1. The molecule has 2 aliphatic rings. The van der Waals surface area contributed by atoms with Crippen molar-refractivity contribution >= 4 is 21.4 Å². The van der Waals surface area contributed by atoms with Crippen LogP contribution in [-0.2, 0) is 25.9 Å². The summed E-state index contributed by atoms with van der Waals surface area (Å²) >= 11 is 0. The number of hydrogen-bond acceptors (Lipinski definition) is 5. The van der Waals surface area contributed by atoms with E-state index in [4.69, 9.17) is 4.74 Å². The summed E-state index contributed by atoms with van der Waals surface area (Å²) in [5.41, 5.74) is 4.62. The number of likely N-dealkylation sites (tertiary alicyclic amines) is 1. The Morgan fingerprint density at radius 3 is 2.31 bits per heavy atom. The lowest BCUT2D eigenvalue weighted by atomic mass is 9.86. The number of hydrogen-bond donors (Lipinski definition) is 1. The van der Waals surface area contributed by atoms with Gasteiger partial charge in [-0.3, -0.25) is 9.69 Å². The van der Waals surface area contributed by atoms with Crippen molar-refractivity contribution in [3.63, 3.8) is 0 Å². The quantitative estimate of drug-likeness (QED) is 0.586. The van der Waals surface area contributed by atoms with Crippen LogP contribution in [0.25, 0.3) is 0 Å². The number of anilines is 1. The summed E-state index contributed by atoms with van der Waals surface area (Å²) in [4.78, 5) is 15.0. The molecule has 2 fully saturated rings. The average Bonchev–Trinajstić information content (AvgIpc) is 2.86. The van der Waals surface area contributed by atoms with Crippen molar-refractivity contribution in [1.29, 1.82) is 0 Å². The van der Waals surface area contributed by atoms with Crippen LogP contribution >= 0.6 is 0 Å². The lowest BCUT2D eigenvalue weighted by Crippen LogP contribution is -2.32. The molecule has 7 heteroatoms. The van der Waals surface area contributed by atoms with Crippen molar-refractivity contribution in [3.8, 4) is 0 Å². The molecule has 2 aliphatic heterocycles. The van der Waals surface area contributed by atoms with E-state index in [1.165, 1.54) is 11.1 Å². The summed E-state index contributed by atoms with van der Waals surface area (Å²) in [5.74, 6) is 0.481. The maximum Gasteiger partial charge on any atom is 0.226 e. The van der Waals surface area contributed by atoms with Gasteiger partial charge in [-0.2, -0.15) is 0 Å². The fourth-order valence-corrected chi connectivity index (χ4v) is 6.78. The summed E-state index contributed by atoms with van der Waals surface area (Å²) in [7, 11) is -3.29. The van der Waals surface area contributed by atoms with E-state index >= 15 is 0 Å². The van der Waals surface area contributed by atoms with E-state index in [0.717, 1.165) is 43.7 Å². The number of carbonyl (C=O) groups excluding carboxylic acids is 1. The smallest absolute Gasteiger partial charge is 0.226 e. The second-order valence-electron chi connectivity index (χ2n) is 10.3. The SMILES string of the molecule is Cc1ccc(NC(=O)C(C)C)cc1C1CCN(Cc2ccc(S(=O)(=O)C3CCOCC3)cc2)CC1. The molecule has 35 heavy (non-hydrogen) atoms. The monoisotopic (exact) mass is 498 g/mol. The Morgan fingerprint density at radius 1 is 1.03 bits per heavy atom. The normalized spacial score (nSPS) is 18.6. The minimum Gasteiger partial charge on any atom is -0.381 e. The highest BCUT2D eigenvalue weighted by Crippen LogP contribution is 2.33. The molecule has 6 nitrogen and oxygen atoms in total. The topological polar surface area (TPSA) is 75.7 Å². The fraction of sp³-hybridized carbons (Fsp3) is 0.536. The Morgan fingerprint density at radius 2 is 1.69 bits per heavy atom. The molecule has 4 rings (SSSR count). The molecule has 0 atom stereocenters. The molecule has 2 aromatic carbocycles. The van der Waals surface area contributed by atoms with E-state index in [1.54, 1.807) is 12.1 Å². The van der Waals surface area contributed by atoms with Gasteiger partial charge in [0.15, 0.2) is 9.84 Å². The van der Waals surface area contributed by atoms with E-state index in [9.17, 15) is 13.2 Å². The number of amides is 1. The molecule has 0 aromatic heterocycles. The largest absolute Gasteiger partial charge is 0.381 e. The molecule has 2 heterocycles. The highest BCUT2D eigenvalue weighted by atomic mass is 32.2. The van der Waals surface area contributed by atoms with Crippen LogP contribution in [0.2, 0.25) is 0 Å². The number of benzene rings is 2. The Kier molecular flexibility index (Phi) is 8.30. The number of sulfone groups is 1. The summed E-state index contributed by atoms with van der Waals surface area (Å²) in [6.45, 7) is 9.81. The zero-order chi connectivity index (χ0) is 25.0. The second-order valence-corrected chi connectivity index (χ2v) is 12.5. The van der Waals surface area contributed by atoms with Gasteiger partial charge in [-0.1, -0.05) is 32.0 Å². The van der Waals surface area contributed by atoms with E-state index in [1.807, 2.05) is 32.0 Å². The summed E-state index contributed by atoms with van der Waals surface area (Å²) < 4.78 is 31.1. The van der Waals surface area contributed by atoms with Crippen molar-refractivity contribution in [3.05, 3.63) is 59.2 Å². The molecule has 1 N–H and O–H groups in total. The third kappa shape index (κ3) is 6.32. The first-order valence-electron chi connectivity index (χ1n) is 12.8. The van der Waals surface area contributed by atoms with Gasteiger partial charge >= 0.3 is 0 Å². The zero-order valence-electron chi connectivity index (χ0n) is 21.1. The predicted octanol–water partition coefficient (Wildman–Crippen LogP) is 4.92. The third-order valence-corrected chi connectivity index (χ3v) is 9.64. The molecule has 0 aliphatic carbocycles. The van der Waals surface area contributed by atoms with Gasteiger partial charge in [0.05, 0.1) is 10.1 Å². The zero-order valence-corrected chi connectivity index (χ0v) is 21.9. The standard InChI is InChI=1S/C28H38N2O4S/c1-20(2)28(31)29-24-7-4-21(3)27(18-24)23-10-14-30(15-11-23)19-22-5-8-25(9-6-22)35(32,33)26-12-16-34-17-13-26/h4-9,18,20,23,26H,10-17,19H2,1-3H3,(H,29,31). The van der Waals surface area contributed by atoms with Crippen LogP contribution < -0.4 is 5.32 Å². The number of nitrogens with zero attached hydrogens (tertiary/aromatic N) is 1. The second kappa shape index (κ2) is 11.2. The molecule has 0 saturated carbocycles. The van der Waals surface area contributed by atoms with Crippen LogP contribution in [-0.4, -0.2) is 50.8 Å². The Hall–Kier alpha value is -2.22. The van der Waals surface area contributed by atoms with Gasteiger partial charge in [-0.05, 0) is 92.6 Å². The highest BCUT2D eigenvalue weighted by molar-refractivity contribution is 7.92. The molecule has 2 aromatic rings. The molecule has 0 bridgehead atoms. The number of rotatable bonds is 7. The molecule has 0 spiro atoms. The minimum absolute atomic E-state index is 0.0426. The summed E-state index contributed by atoms with van der Waals surface area (Å²) in [5, 5.41) is 2.70. The fourth-order valence-electron chi connectivity index (χ4n) is 5.07. The van der Waals surface area contributed by atoms with Gasteiger partial charge in [-0.15, -0.1) is 0 Å². The van der Waals surface area contributed by atoms with Crippen molar-refractivity contribution in [2.45, 2.75) is 69.1 Å². The van der Waals surface area contributed by atoms with Crippen LogP contribution in [0.15, 0.2) is 47.4 Å². The number of nitrogens with one attached hydrogen (secondary N) is 1. The van der Waals surface area contributed by atoms with Crippen LogP contribution in [0.3, 0.4) is 0 Å². The van der Waals surface area contributed by atoms with Crippen LogP contribution in [0.5, 0.6) is 0 Å². The van der Waals surface area contributed by atoms with Crippen molar-refractivity contribution < 1.29 is 17.9 Å². The Labute approximate surface area is 210 Å². The molecule has 2 saturated heterocycles. The van der Waals surface area contributed by atoms with Gasteiger partial charge in [0, 0.05) is 31.4 Å². The Bertz CT molecular complexity index is 1110. The van der Waals surface area contributed by atoms with Gasteiger partial charge in [0.25, 0.3) is 0 Å². The number of ether oxygens (including phenoxy) is 1. The van der Waals surface area contributed by atoms with Crippen LogP contribution in [0.1, 0.15) is 62.1 Å². The average molecular weight is 499 g/mol. The molecule has 190 valence electrons. The van der Waals surface area contributed by atoms with Crippen molar-refractivity contribution in [2.24, 2.45) is 5.92 Å². The van der Waals surface area contributed by atoms with Gasteiger partial charge in [0.1, 0.15) is 0 Å². The lowest BCUT2D eigenvalue weighted by molar-refractivity contribution is -0.118. The van der Waals surface area contributed by atoms with Crippen molar-refractivity contribution in [1.82, 2.24) is 4.90 Å². The molecule has 0 radical (unpaired) electrons. The van der Waals surface area contributed by atoms with E-state index in [-0.39, 0.29) is 17.1 Å². The predicted molar refractivity (Wildman–Crippen MR) is 139 cm³/mol. The molecular formula is C28H38N2O4S. The summed E-state index contributed by atoms with van der Waals surface area (Å²) in [6.07, 6.45) is 3.29. The lowest BCUT2D eigenvalue weighted by Gasteiger charge is -2.33. The van der Waals surface area contributed by atoms with Gasteiger partial charge in [-0.25, -0.2) is 8.42 Å². The number of carbonyl (C=O) groups is 1. The Balaban J connectivity index is 1.34. The first-order valence-corrected chi connectivity index (χ1v) is 14.3. The highest BCUT2D eigenvalue weighted by Gasteiger charge is 2.29. The number of aryl methyl sites for hydroxylation is 1. The van der Waals surface area contributed by atoms with Crippen LogP contribution in [0, 0.1) is 12.8 Å². The first-order chi connectivity index (χ1) is 16.7. The van der Waals surface area contributed by atoms with E-state index in [2.05, 4.69) is 29.3 Å². The van der Waals surface area contributed by atoms with Gasteiger partial charge < -0.3 is 10.1 Å². The van der Waals surface area contributed by atoms with Gasteiger partial charge in [0.2, 0.25) is 5.91 Å². The maximum atomic E-state index is 12.9. The summed E-state index contributed by atoms with van der Waals surface area (Å²) in [6, 6.07) is 13.7. The third-order valence-electron chi connectivity index (χ3n) is 7.36. The first kappa shape index (κ1) is 25.9. The minimum atomic E-state index is -3.29.